The molecule has 0 aromatic rings. The number of hydrogen-bond donors (Lipinski definition) is 3. The van der Waals surface area contributed by atoms with Crippen LogP contribution in [0.1, 0.15) is 47.5 Å². The molecule has 0 aromatic carbocycles. The highest BCUT2D eigenvalue weighted by atomic mass is 19.1. The van der Waals surface area contributed by atoms with Crippen LogP contribution in [-0.4, -0.2) is 68.0 Å². The predicted octanol–water partition coefficient (Wildman–Crippen LogP) is 1.73. The van der Waals surface area contributed by atoms with Crippen molar-refractivity contribution < 1.29 is 28.2 Å². The molecular formula is C17H36F2N2O4. The molecule has 0 spiro atoms. The molecule has 0 radical (unpaired) electrons. The number of aliphatic hydroxyl groups is 1. The number of alkyl halides is 2. The molecule has 25 heavy (non-hydrogen) atoms. The molecule has 1 aliphatic rings. The van der Waals surface area contributed by atoms with Gasteiger partial charge in [-0.05, 0) is 12.8 Å². The number of nitrogens with one attached hydrogen (secondary N) is 1. The maximum atomic E-state index is 14.4. The van der Waals surface area contributed by atoms with Crippen molar-refractivity contribution in [1.29, 1.82) is 0 Å². The average Bonchev–Trinajstić information content (AvgIpc) is 2.65. The lowest BCUT2D eigenvalue weighted by Gasteiger charge is -2.41. The van der Waals surface area contributed by atoms with Gasteiger partial charge in [0.05, 0.1) is 6.04 Å². The number of halogens is 2. The van der Waals surface area contributed by atoms with Crippen molar-refractivity contribution in [1.82, 2.24) is 5.32 Å². The quantitative estimate of drug-likeness (QED) is 0.662. The number of nitrogens with two attached hydrogens (primary N) is 1. The first kappa shape index (κ1) is 26.4. The van der Waals surface area contributed by atoms with Gasteiger partial charge >= 0.3 is 0 Å². The molecule has 1 rings (SSSR count). The van der Waals surface area contributed by atoms with E-state index in [2.05, 4.69) is 5.32 Å². The topological polar surface area (TPSA) is 93.8 Å². The largest absolute Gasteiger partial charge is 0.380 e. The Bertz CT molecular complexity index is 351. The van der Waals surface area contributed by atoms with Crippen LogP contribution in [-0.2, 0) is 14.3 Å². The second-order valence-electron chi connectivity index (χ2n) is 5.23. The summed E-state index contributed by atoms with van der Waals surface area (Å²) in [6.45, 7) is 9.50. The molecule has 1 fully saturated rings. The molecule has 0 heterocycles. The number of aliphatic hydroxyl groups excluding tert-OH is 1. The maximum absolute atomic E-state index is 14.4. The summed E-state index contributed by atoms with van der Waals surface area (Å²) in [7, 11) is 2.73. The van der Waals surface area contributed by atoms with Gasteiger partial charge in [0.2, 0.25) is 0 Å². The molecule has 0 aromatic heterocycles. The van der Waals surface area contributed by atoms with E-state index in [1.165, 1.54) is 21.1 Å². The summed E-state index contributed by atoms with van der Waals surface area (Å²) in [5.41, 5.74) is 5.89. The van der Waals surface area contributed by atoms with Crippen molar-refractivity contribution in [3.05, 3.63) is 0 Å². The number of ether oxygens (including phenoxy) is 2. The maximum Gasteiger partial charge on any atom is 0.252 e. The van der Waals surface area contributed by atoms with Crippen LogP contribution in [0.2, 0.25) is 0 Å². The van der Waals surface area contributed by atoms with E-state index in [0.29, 0.717) is 0 Å². The first-order chi connectivity index (χ1) is 11.9. The number of carbonyl (C=O) groups is 1. The van der Waals surface area contributed by atoms with Gasteiger partial charge < -0.3 is 25.6 Å². The summed E-state index contributed by atoms with van der Waals surface area (Å²) < 4.78 is 37.8. The van der Waals surface area contributed by atoms with Crippen LogP contribution >= 0.6 is 0 Å². The molecule has 0 bridgehead atoms. The highest BCUT2D eigenvalue weighted by molar-refractivity contribution is 5.81. The second kappa shape index (κ2) is 14.4. The fourth-order valence-corrected chi connectivity index (χ4v) is 2.58. The monoisotopic (exact) mass is 370 g/mol. The zero-order valence-corrected chi connectivity index (χ0v) is 16.5. The molecule has 152 valence electrons. The highest BCUT2D eigenvalue weighted by Crippen LogP contribution is 2.26. The molecule has 3 unspecified atom stereocenters. The molecule has 1 amide bonds. The zero-order valence-electron chi connectivity index (χ0n) is 16.5. The van der Waals surface area contributed by atoms with E-state index in [4.69, 9.17) is 15.2 Å². The van der Waals surface area contributed by atoms with E-state index in [-0.39, 0.29) is 12.8 Å². The van der Waals surface area contributed by atoms with E-state index in [1.807, 2.05) is 27.7 Å². The number of rotatable bonds is 6. The number of hydrogen-bond acceptors (Lipinski definition) is 5. The average molecular weight is 370 g/mol. The minimum atomic E-state index is -1.82. The van der Waals surface area contributed by atoms with Crippen molar-refractivity contribution in [2.75, 3.05) is 14.2 Å². The number of carbonyl (C=O) groups excluding carboxylic acids is 1. The van der Waals surface area contributed by atoms with Crippen molar-refractivity contribution in [2.24, 2.45) is 5.73 Å². The first-order valence-corrected chi connectivity index (χ1v) is 8.95. The Morgan fingerprint density at radius 1 is 1.24 bits per heavy atom. The van der Waals surface area contributed by atoms with Crippen molar-refractivity contribution in [3.63, 3.8) is 0 Å². The van der Waals surface area contributed by atoms with Crippen LogP contribution in [0, 0.1) is 0 Å². The van der Waals surface area contributed by atoms with Crippen LogP contribution in [0.5, 0.6) is 0 Å². The van der Waals surface area contributed by atoms with Crippen molar-refractivity contribution in [3.8, 4) is 0 Å². The standard InChI is InChI=1S/C13H24F2N2O4.2C2H6/c1-4-6(14)10(18)13(19)17-8-5-7(16)11(20-2)12(21-3)9(8)15;2*1-2/h6-12,18H,4-5,16H2,1-3H3,(H,17,19);2*1-2H3/t6?,7-,8+,9?,10?,11+,12+;;/m0../s1. The van der Waals surface area contributed by atoms with Gasteiger partial charge in [-0.2, -0.15) is 0 Å². The van der Waals surface area contributed by atoms with Gasteiger partial charge in [-0.25, -0.2) is 8.78 Å². The fraction of sp³-hybridized carbons (Fsp3) is 0.941. The lowest BCUT2D eigenvalue weighted by Crippen LogP contribution is -2.63. The van der Waals surface area contributed by atoms with Gasteiger partial charge in [0.1, 0.15) is 24.6 Å². The minimum Gasteiger partial charge on any atom is -0.380 e. The van der Waals surface area contributed by atoms with E-state index in [9.17, 15) is 18.7 Å². The van der Waals surface area contributed by atoms with Gasteiger partial charge in [-0.1, -0.05) is 34.6 Å². The minimum absolute atomic E-state index is 0.00966. The van der Waals surface area contributed by atoms with E-state index < -0.39 is 48.6 Å². The van der Waals surface area contributed by atoms with E-state index in [1.54, 1.807) is 0 Å². The second-order valence-corrected chi connectivity index (χ2v) is 5.23. The molecule has 8 heteroatoms. The summed E-state index contributed by atoms with van der Waals surface area (Å²) in [6.07, 6.45) is -6.53. The summed E-state index contributed by atoms with van der Waals surface area (Å²) in [4.78, 5) is 11.7. The lowest BCUT2D eigenvalue weighted by atomic mass is 9.84. The highest BCUT2D eigenvalue weighted by Gasteiger charge is 2.45. The molecular weight excluding hydrogens is 334 g/mol. The molecule has 0 saturated heterocycles. The SMILES string of the molecule is CC.CC.CCC(F)C(O)C(=O)N[C@@H]1C[C@H](N)[C@@H](OC)[C@H](OC)C1F. The third-order valence-corrected chi connectivity index (χ3v) is 3.84. The summed E-state index contributed by atoms with van der Waals surface area (Å²) in [5.74, 6) is -0.949. The van der Waals surface area contributed by atoms with Crippen LogP contribution in [0.3, 0.4) is 0 Å². The molecule has 0 aliphatic heterocycles. The van der Waals surface area contributed by atoms with Crippen LogP contribution in [0.4, 0.5) is 8.78 Å². The Morgan fingerprint density at radius 3 is 2.12 bits per heavy atom. The third-order valence-electron chi connectivity index (χ3n) is 3.84. The van der Waals surface area contributed by atoms with E-state index >= 15 is 0 Å². The summed E-state index contributed by atoms with van der Waals surface area (Å²) >= 11 is 0. The first-order valence-electron chi connectivity index (χ1n) is 8.95. The van der Waals surface area contributed by atoms with Gasteiger partial charge in [-0.15, -0.1) is 0 Å². The smallest absolute Gasteiger partial charge is 0.252 e. The number of amides is 1. The molecule has 4 N–H and O–H groups in total. The van der Waals surface area contributed by atoms with Crippen LogP contribution in [0.15, 0.2) is 0 Å². The Labute approximate surface area is 150 Å². The Balaban J connectivity index is 0. The van der Waals surface area contributed by atoms with Gasteiger partial charge in [0.15, 0.2) is 6.10 Å². The Morgan fingerprint density at radius 2 is 1.72 bits per heavy atom. The lowest BCUT2D eigenvalue weighted by molar-refractivity contribution is -0.139. The normalized spacial score (nSPS) is 30.8. The number of methoxy groups -OCH3 is 2. The summed E-state index contributed by atoms with van der Waals surface area (Å²) in [5, 5.41) is 11.8. The third kappa shape index (κ3) is 7.52. The Hall–Kier alpha value is -0.830. The molecule has 1 saturated carbocycles. The van der Waals surface area contributed by atoms with Crippen LogP contribution < -0.4 is 11.1 Å². The van der Waals surface area contributed by atoms with Crippen molar-refractivity contribution in [2.45, 2.75) is 90.2 Å². The fourth-order valence-electron chi connectivity index (χ4n) is 2.58. The van der Waals surface area contributed by atoms with E-state index in [0.717, 1.165) is 0 Å². The van der Waals surface area contributed by atoms with Gasteiger partial charge in [0, 0.05) is 20.3 Å². The van der Waals surface area contributed by atoms with Gasteiger partial charge in [0.25, 0.3) is 5.91 Å². The Kier molecular flexibility index (Phi) is 15.2. The van der Waals surface area contributed by atoms with Crippen LogP contribution in [0.25, 0.3) is 0 Å². The van der Waals surface area contributed by atoms with Gasteiger partial charge in [-0.3, -0.25) is 4.79 Å². The zero-order chi connectivity index (χ0) is 20.2. The van der Waals surface area contributed by atoms with Crippen molar-refractivity contribution >= 4 is 5.91 Å². The molecule has 7 atom stereocenters. The predicted molar refractivity (Wildman–Crippen MR) is 94.9 cm³/mol. The molecule has 1 aliphatic carbocycles. The molecule has 6 nitrogen and oxygen atoms in total. The summed E-state index contributed by atoms with van der Waals surface area (Å²) in [6, 6.07) is -1.50.